The number of carbonyl (C=O) groups excluding carboxylic acids is 2. The molecule has 4 aliphatic rings. The zero-order valence-electron chi connectivity index (χ0n) is 16.4. The molecular formula is C23H32O3. The van der Waals surface area contributed by atoms with Crippen LogP contribution in [0.15, 0.2) is 24.3 Å². The molecule has 4 rings (SSSR count). The van der Waals surface area contributed by atoms with E-state index in [-0.39, 0.29) is 28.7 Å². The highest BCUT2D eigenvalue weighted by molar-refractivity contribution is 5.91. The third-order valence-corrected chi connectivity index (χ3v) is 8.55. The maximum Gasteiger partial charge on any atom is 0.302 e. The Balaban J connectivity index is 1.77. The van der Waals surface area contributed by atoms with E-state index in [1.54, 1.807) is 0 Å². The lowest BCUT2D eigenvalue weighted by Gasteiger charge is -2.60. The molecule has 4 aliphatic carbocycles. The van der Waals surface area contributed by atoms with Crippen LogP contribution in [0.3, 0.4) is 0 Å². The van der Waals surface area contributed by atoms with E-state index < -0.39 is 0 Å². The van der Waals surface area contributed by atoms with Crippen LogP contribution in [0, 0.1) is 34.5 Å². The largest absolute Gasteiger partial charge is 0.462 e. The minimum atomic E-state index is -0.171. The van der Waals surface area contributed by atoms with Crippen LogP contribution < -0.4 is 0 Å². The van der Waals surface area contributed by atoms with E-state index in [0.717, 1.165) is 25.7 Å². The molecule has 3 saturated carbocycles. The fourth-order valence-corrected chi connectivity index (χ4v) is 7.40. The second-order valence-electron chi connectivity index (χ2n) is 9.67. The Bertz CT molecular complexity index is 677. The molecular weight excluding hydrogens is 324 g/mol. The van der Waals surface area contributed by atoms with E-state index in [0.29, 0.717) is 30.1 Å². The standard InChI is InChI=1S/C23H32O3/c1-5-15-7-9-19-18-8-6-16-12-17(25)10-11-22(16,3)21(18)20(26-14(2)24)13-23(15,19)4/h5,12,15,18-21H,1,6-11,13H2,2-4H3. The Kier molecular flexibility index (Phi) is 4.20. The molecule has 0 amide bonds. The zero-order chi connectivity index (χ0) is 18.7. The van der Waals surface area contributed by atoms with Crippen molar-refractivity contribution in [3.63, 3.8) is 0 Å². The molecule has 0 N–H and O–H groups in total. The number of ether oxygens (including phenoxy) is 1. The van der Waals surface area contributed by atoms with Crippen molar-refractivity contribution in [2.75, 3.05) is 0 Å². The van der Waals surface area contributed by atoms with Crippen molar-refractivity contribution < 1.29 is 14.3 Å². The minimum Gasteiger partial charge on any atom is -0.462 e. The van der Waals surface area contributed by atoms with E-state index in [9.17, 15) is 9.59 Å². The molecule has 0 bridgehead atoms. The van der Waals surface area contributed by atoms with Gasteiger partial charge in [-0.25, -0.2) is 0 Å². The van der Waals surface area contributed by atoms with Gasteiger partial charge in [0, 0.05) is 19.3 Å². The predicted octanol–water partition coefficient (Wildman–Crippen LogP) is 4.86. The first-order chi connectivity index (χ1) is 12.3. The Morgan fingerprint density at radius 1 is 1.27 bits per heavy atom. The van der Waals surface area contributed by atoms with E-state index in [1.165, 1.54) is 25.3 Å². The number of hydrogen-bond donors (Lipinski definition) is 0. The molecule has 3 heteroatoms. The molecule has 3 nitrogen and oxygen atoms in total. The third kappa shape index (κ3) is 2.46. The molecule has 0 aromatic rings. The topological polar surface area (TPSA) is 43.4 Å². The van der Waals surface area contributed by atoms with Gasteiger partial charge in [0.2, 0.25) is 0 Å². The Hall–Kier alpha value is -1.38. The van der Waals surface area contributed by atoms with Crippen molar-refractivity contribution >= 4 is 11.8 Å². The number of fused-ring (bicyclic) bond motifs is 5. The smallest absolute Gasteiger partial charge is 0.302 e. The molecule has 142 valence electrons. The predicted molar refractivity (Wildman–Crippen MR) is 101 cm³/mol. The Morgan fingerprint density at radius 3 is 2.73 bits per heavy atom. The van der Waals surface area contributed by atoms with Crippen molar-refractivity contribution in [3.05, 3.63) is 24.3 Å². The first kappa shape index (κ1) is 18.0. The zero-order valence-corrected chi connectivity index (χ0v) is 16.4. The maximum absolute atomic E-state index is 12.0. The van der Waals surface area contributed by atoms with Crippen molar-refractivity contribution in [2.45, 2.75) is 71.8 Å². The number of hydrogen-bond acceptors (Lipinski definition) is 3. The summed E-state index contributed by atoms with van der Waals surface area (Å²) in [6, 6.07) is 0. The normalized spacial score (nSPS) is 47.3. The van der Waals surface area contributed by atoms with E-state index in [1.807, 2.05) is 6.08 Å². The van der Waals surface area contributed by atoms with Gasteiger partial charge in [-0.05, 0) is 73.2 Å². The van der Waals surface area contributed by atoms with Crippen LogP contribution in [-0.4, -0.2) is 17.9 Å². The molecule has 0 radical (unpaired) electrons. The molecule has 0 saturated heterocycles. The Morgan fingerprint density at radius 2 is 2.04 bits per heavy atom. The number of rotatable bonds is 2. The highest BCUT2D eigenvalue weighted by Gasteiger charge is 2.62. The molecule has 0 aromatic heterocycles. The first-order valence-electron chi connectivity index (χ1n) is 10.3. The van der Waals surface area contributed by atoms with Gasteiger partial charge in [0.15, 0.2) is 5.78 Å². The fourth-order valence-electron chi connectivity index (χ4n) is 7.40. The molecule has 7 unspecified atom stereocenters. The van der Waals surface area contributed by atoms with Crippen molar-refractivity contribution in [2.24, 2.45) is 34.5 Å². The average Bonchev–Trinajstić information content (AvgIpc) is 2.90. The van der Waals surface area contributed by atoms with Gasteiger partial charge in [-0.3, -0.25) is 9.59 Å². The number of esters is 1. The summed E-state index contributed by atoms with van der Waals surface area (Å²) in [5.41, 5.74) is 1.50. The lowest BCUT2D eigenvalue weighted by atomic mass is 9.46. The van der Waals surface area contributed by atoms with Gasteiger partial charge in [0.25, 0.3) is 0 Å². The summed E-state index contributed by atoms with van der Waals surface area (Å²) in [6.07, 6.45) is 11.1. The van der Waals surface area contributed by atoms with Gasteiger partial charge in [0.05, 0.1) is 0 Å². The second kappa shape index (κ2) is 6.07. The van der Waals surface area contributed by atoms with E-state index in [4.69, 9.17) is 4.74 Å². The van der Waals surface area contributed by atoms with Crippen LogP contribution in [0.4, 0.5) is 0 Å². The third-order valence-electron chi connectivity index (χ3n) is 8.55. The van der Waals surface area contributed by atoms with Gasteiger partial charge in [-0.2, -0.15) is 0 Å². The molecule has 0 aromatic carbocycles. The molecule has 7 atom stereocenters. The summed E-state index contributed by atoms with van der Waals surface area (Å²) < 4.78 is 5.98. The van der Waals surface area contributed by atoms with Crippen LogP contribution >= 0.6 is 0 Å². The quantitative estimate of drug-likeness (QED) is 0.524. The van der Waals surface area contributed by atoms with Crippen molar-refractivity contribution in [3.8, 4) is 0 Å². The SMILES string of the molecule is C=CC1CCC2C3CCC4=CC(=O)CCC4(C)C3C(OC(C)=O)CC12C. The fraction of sp³-hybridized carbons (Fsp3) is 0.739. The summed E-state index contributed by atoms with van der Waals surface area (Å²) in [5.74, 6) is 2.23. The molecule has 0 heterocycles. The van der Waals surface area contributed by atoms with Gasteiger partial charge in [0.1, 0.15) is 6.10 Å². The number of carbonyl (C=O) groups is 2. The minimum absolute atomic E-state index is 0.00450. The summed E-state index contributed by atoms with van der Waals surface area (Å²) in [6.45, 7) is 10.4. The lowest BCUT2D eigenvalue weighted by molar-refractivity contribution is -0.174. The summed E-state index contributed by atoms with van der Waals surface area (Å²) in [5, 5.41) is 0. The van der Waals surface area contributed by atoms with Crippen LogP contribution in [0.1, 0.15) is 65.7 Å². The van der Waals surface area contributed by atoms with E-state index >= 15 is 0 Å². The molecule has 3 fully saturated rings. The van der Waals surface area contributed by atoms with Crippen molar-refractivity contribution in [1.82, 2.24) is 0 Å². The molecule has 0 aliphatic heterocycles. The average molecular weight is 357 g/mol. The monoisotopic (exact) mass is 356 g/mol. The lowest BCUT2D eigenvalue weighted by Crippen LogP contribution is -2.57. The second-order valence-corrected chi connectivity index (χ2v) is 9.67. The van der Waals surface area contributed by atoms with Gasteiger partial charge in [-0.1, -0.05) is 25.5 Å². The molecule has 0 spiro atoms. The number of allylic oxidation sites excluding steroid dienone is 2. The Labute approximate surface area is 157 Å². The van der Waals surface area contributed by atoms with Crippen LogP contribution in [0.25, 0.3) is 0 Å². The van der Waals surface area contributed by atoms with Crippen molar-refractivity contribution in [1.29, 1.82) is 0 Å². The highest BCUT2D eigenvalue weighted by atomic mass is 16.5. The summed E-state index contributed by atoms with van der Waals surface area (Å²) >= 11 is 0. The maximum atomic E-state index is 12.0. The van der Waals surface area contributed by atoms with Gasteiger partial charge >= 0.3 is 5.97 Å². The molecule has 26 heavy (non-hydrogen) atoms. The number of ketones is 1. The van der Waals surface area contributed by atoms with Crippen LogP contribution in [0.2, 0.25) is 0 Å². The van der Waals surface area contributed by atoms with Crippen LogP contribution in [0.5, 0.6) is 0 Å². The summed E-state index contributed by atoms with van der Waals surface area (Å²) in [4.78, 5) is 24.0. The summed E-state index contributed by atoms with van der Waals surface area (Å²) in [7, 11) is 0. The van der Waals surface area contributed by atoms with Gasteiger partial charge < -0.3 is 4.74 Å². The highest BCUT2D eigenvalue weighted by Crippen LogP contribution is 2.67. The first-order valence-corrected chi connectivity index (χ1v) is 10.3. The van der Waals surface area contributed by atoms with Crippen LogP contribution in [-0.2, 0) is 14.3 Å². The van der Waals surface area contributed by atoms with Gasteiger partial charge in [-0.15, -0.1) is 6.58 Å². The van der Waals surface area contributed by atoms with E-state index in [2.05, 4.69) is 26.5 Å².